The molecule has 0 bridgehead atoms. The van der Waals surface area contributed by atoms with Crippen molar-refractivity contribution in [2.75, 3.05) is 5.32 Å². The first-order chi connectivity index (χ1) is 7.66. The molecule has 0 spiro atoms. The molecule has 0 atom stereocenters. The van der Waals surface area contributed by atoms with Gasteiger partial charge in [0.2, 0.25) is 5.89 Å². The van der Waals surface area contributed by atoms with E-state index >= 15 is 0 Å². The first-order valence-corrected chi connectivity index (χ1v) is 4.95. The van der Waals surface area contributed by atoms with Gasteiger partial charge in [0.05, 0.1) is 12.2 Å². The van der Waals surface area contributed by atoms with E-state index < -0.39 is 0 Å². The Bertz CT molecular complexity index is 496. The summed E-state index contributed by atoms with van der Waals surface area (Å²) in [6, 6.07) is 5.18. The molecule has 2 rings (SSSR count). The van der Waals surface area contributed by atoms with Gasteiger partial charge in [-0.3, -0.25) is 0 Å². The summed E-state index contributed by atoms with van der Waals surface area (Å²) in [5.41, 5.74) is 1.04. The highest BCUT2D eigenvalue weighted by Crippen LogP contribution is 2.17. The van der Waals surface area contributed by atoms with E-state index in [1.165, 1.54) is 0 Å². The Morgan fingerprint density at radius 1 is 1.38 bits per heavy atom. The maximum absolute atomic E-state index is 13.6. The summed E-state index contributed by atoms with van der Waals surface area (Å²) < 4.78 is 18.5. The van der Waals surface area contributed by atoms with E-state index in [9.17, 15) is 4.39 Å². The third-order valence-corrected chi connectivity index (χ3v) is 2.19. The van der Waals surface area contributed by atoms with Crippen LogP contribution in [0.25, 0.3) is 0 Å². The van der Waals surface area contributed by atoms with Crippen molar-refractivity contribution in [2.24, 2.45) is 0 Å². The summed E-state index contributed by atoms with van der Waals surface area (Å²) in [4.78, 5) is 4.02. The number of anilines is 1. The first-order valence-electron chi connectivity index (χ1n) is 4.95. The molecule has 0 amide bonds. The second-order valence-corrected chi connectivity index (χ2v) is 3.53. The summed E-state index contributed by atoms with van der Waals surface area (Å²) in [7, 11) is 0. The van der Waals surface area contributed by atoms with Gasteiger partial charge in [0.25, 0.3) is 0 Å². The van der Waals surface area contributed by atoms with Crippen LogP contribution in [-0.2, 0) is 6.54 Å². The number of halogens is 1. The maximum atomic E-state index is 13.6. The van der Waals surface area contributed by atoms with Gasteiger partial charge in [0.15, 0.2) is 5.82 Å². The number of hydrogen-bond donors (Lipinski definition) is 1. The van der Waals surface area contributed by atoms with Crippen molar-refractivity contribution in [2.45, 2.75) is 20.4 Å². The molecule has 0 saturated heterocycles. The van der Waals surface area contributed by atoms with Gasteiger partial charge in [-0.15, -0.1) is 0 Å². The Kier molecular flexibility index (Phi) is 2.85. The normalized spacial score (nSPS) is 10.4. The Hall–Kier alpha value is -1.91. The first kappa shape index (κ1) is 10.6. The monoisotopic (exact) mass is 221 g/mol. The zero-order valence-corrected chi connectivity index (χ0v) is 9.12. The van der Waals surface area contributed by atoms with E-state index in [-0.39, 0.29) is 5.82 Å². The molecular formula is C11H12FN3O. The fourth-order valence-corrected chi connectivity index (χ4v) is 1.37. The van der Waals surface area contributed by atoms with E-state index in [0.717, 1.165) is 0 Å². The number of rotatable bonds is 3. The predicted molar refractivity (Wildman–Crippen MR) is 57.5 cm³/mol. The lowest BCUT2D eigenvalue weighted by Crippen LogP contribution is -2.02. The van der Waals surface area contributed by atoms with Gasteiger partial charge in [-0.2, -0.15) is 4.98 Å². The highest BCUT2D eigenvalue weighted by atomic mass is 19.1. The van der Waals surface area contributed by atoms with Gasteiger partial charge in [-0.05, 0) is 25.5 Å². The van der Waals surface area contributed by atoms with Crippen LogP contribution < -0.4 is 5.32 Å². The summed E-state index contributed by atoms with van der Waals surface area (Å²) in [6.45, 7) is 3.78. The number of nitrogens with zero attached hydrogens (tertiary/aromatic N) is 2. The SMILES string of the molecule is Cc1noc(CNc2cccc(C)c2F)n1. The average Bonchev–Trinajstić information content (AvgIpc) is 2.67. The van der Waals surface area contributed by atoms with E-state index in [1.54, 1.807) is 32.0 Å². The molecule has 0 aliphatic carbocycles. The zero-order valence-electron chi connectivity index (χ0n) is 9.12. The quantitative estimate of drug-likeness (QED) is 0.864. The van der Waals surface area contributed by atoms with E-state index in [0.29, 0.717) is 29.5 Å². The van der Waals surface area contributed by atoms with Gasteiger partial charge < -0.3 is 9.84 Å². The summed E-state index contributed by atoms with van der Waals surface area (Å²) in [6.07, 6.45) is 0. The minimum atomic E-state index is -0.251. The van der Waals surface area contributed by atoms with Gasteiger partial charge in [-0.1, -0.05) is 17.3 Å². The average molecular weight is 221 g/mol. The van der Waals surface area contributed by atoms with Crippen LogP contribution >= 0.6 is 0 Å². The number of hydrogen-bond acceptors (Lipinski definition) is 4. The van der Waals surface area contributed by atoms with Gasteiger partial charge >= 0.3 is 0 Å². The van der Waals surface area contributed by atoms with Crippen molar-refractivity contribution in [1.82, 2.24) is 10.1 Å². The Balaban J connectivity index is 2.07. The fourth-order valence-electron chi connectivity index (χ4n) is 1.37. The number of benzene rings is 1. The Morgan fingerprint density at radius 3 is 2.88 bits per heavy atom. The van der Waals surface area contributed by atoms with Crippen LogP contribution in [0.4, 0.5) is 10.1 Å². The smallest absolute Gasteiger partial charge is 0.245 e. The molecule has 1 aromatic heterocycles. The van der Waals surface area contributed by atoms with Crippen LogP contribution in [0.1, 0.15) is 17.3 Å². The minimum Gasteiger partial charge on any atom is -0.374 e. The topological polar surface area (TPSA) is 51.0 Å². The van der Waals surface area contributed by atoms with E-state index in [2.05, 4.69) is 15.5 Å². The third-order valence-electron chi connectivity index (χ3n) is 2.19. The highest BCUT2D eigenvalue weighted by molar-refractivity contribution is 5.47. The van der Waals surface area contributed by atoms with Crippen molar-refractivity contribution in [3.05, 3.63) is 41.3 Å². The van der Waals surface area contributed by atoms with Crippen LogP contribution in [0.5, 0.6) is 0 Å². The van der Waals surface area contributed by atoms with Crippen molar-refractivity contribution in [3.63, 3.8) is 0 Å². The number of aromatic nitrogens is 2. The van der Waals surface area contributed by atoms with Gasteiger partial charge in [-0.25, -0.2) is 4.39 Å². The summed E-state index contributed by atoms with van der Waals surface area (Å²) in [5, 5.41) is 6.56. The summed E-state index contributed by atoms with van der Waals surface area (Å²) >= 11 is 0. The van der Waals surface area contributed by atoms with Crippen LogP contribution in [0.3, 0.4) is 0 Å². The third kappa shape index (κ3) is 2.18. The minimum absolute atomic E-state index is 0.251. The van der Waals surface area contributed by atoms with Crippen molar-refractivity contribution < 1.29 is 8.91 Å². The van der Waals surface area contributed by atoms with E-state index in [4.69, 9.17) is 4.52 Å². The molecule has 0 fully saturated rings. The van der Waals surface area contributed by atoms with Gasteiger partial charge in [0, 0.05) is 0 Å². The second-order valence-electron chi connectivity index (χ2n) is 3.53. The van der Waals surface area contributed by atoms with Crippen molar-refractivity contribution in [3.8, 4) is 0 Å². The molecular weight excluding hydrogens is 209 g/mol. The van der Waals surface area contributed by atoms with Crippen LogP contribution in [-0.4, -0.2) is 10.1 Å². The van der Waals surface area contributed by atoms with Crippen LogP contribution in [0.2, 0.25) is 0 Å². The molecule has 2 aromatic rings. The molecule has 0 saturated carbocycles. The Morgan fingerprint density at radius 2 is 2.19 bits per heavy atom. The number of aryl methyl sites for hydroxylation is 2. The standard InChI is InChI=1S/C11H12FN3O/c1-7-4-3-5-9(11(7)12)13-6-10-14-8(2)15-16-10/h3-5,13H,6H2,1-2H3. The molecule has 0 aliphatic heterocycles. The molecule has 0 aliphatic rings. The van der Waals surface area contributed by atoms with Crippen molar-refractivity contribution >= 4 is 5.69 Å². The molecule has 1 heterocycles. The van der Waals surface area contributed by atoms with Gasteiger partial charge in [0.1, 0.15) is 5.82 Å². The molecule has 0 unspecified atom stereocenters. The maximum Gasteiger partial charge on any atom is 0.245 e. The second kappa shape index (κ2) is 4.30. The largest absolute Gasteiger partial charge is 0.374 e. The van der Waals surface area contributed by atoms with Crippen molar-refractivity contribution in [1.29, 1.82) is 0 Å². The molecule has 16 heavy (non-hydrogen) atoms. The lowest BCUT2D eigenvalue weighted by molar-refractivity contribution is 0.379. The Labute approximate surface area is 92.5 Å². The van der Waals surface area contributed by atoms with Crippen LogP contribution in [0.15, 0.2) is 22.7 Å². The lowest BCUT2D eigenvalue weighted by atomic mass is 10.2. The lowest BCUT2D eigenvalue weighted by Gasteiger charge is -2.06. The zero-order chi connectivity index (χ0) is 11.5. The molecule has 5 heteroatoms. The molecule has 4 nitrogen and oxygen atoms in total. The molecule has 1 N–H and O–H groups in total. The molecule has 0 radical (unpaired) electrons. The fraction of sp³-hybridized carbons (Fsp3) is 0.273. The molecule has 1 aromatic carbocycles. The highest BCUT2D eigenvalue weighted by Gasteiger charge is 2.06. The predicted octanol–water partition coefficient (Wildman–Crippen LogP) is 2.44. The molecule has 84 valence electrons. The van der Waals surface area contributed by atoms with E-state index in [1.807, 2.05) is 0 Å². The van der Waals surface area contributed by atoms with Crippen LogP contribution in [0, 0.1) is 19.7 Å². The summed E-state index contributed by atoms with van der Waals surface area (Å²) in [5.74, 6) is 0.763. The number of nitrogens with one attached hydrogen (secondary N) is 1.